The predicted molar refractivity (Wildman–Crippen MR) is 66.4 cm³/mol. The van der Waals surface area contributed by atoms with Crippen LogP contribution < -0.4 is 0 Å². The largest absolute Gasteiger partial charge is 0.478 e. The molecule has 0 atom stereocenters. The number of hydrogen-bond donors (Lipinski definition) is 1. The van der Waals surface area contributed by atoms with Gasteiger partial charge in [-0.05, 0) is 36.2 Å². The monoisotopic (exact) mass is 281 g/mol. The van der Waals surface area contributed by atoms with E-state index in [1.165, 1.54) is 12.3 Å². The molecule has 0 aliphatic rings. The normalized spacial score (nSPS) is 11.4. The minimum atomic E-state index is -4.70. The maximum Gasteiger partial charge on any atom is 0.417 e. The van der Waals surface area contributed by atoms with E-state index in [9.17, 15) is 18.0 Å². The van der Waals surface area contributed by atoms with E-state index >= 15 is 0 Å². The molecule has 0 amide bonds. The molecule has 2 aromatic rings. The van der Waals surface area contributed by atoms with E-state index < -0.39 is 23.3 Å². The van der Waals surface area contributed by atoms with Gasteiger partial charge in [-0.15, -0.1) is 0 Å². The standard InChI is InChI=1S/C14H10F3NO2/c1-8-4-10(7-18-6-8)9-2-3-12(14(15,16)17)11(5-9)13(19)20/h2-7H,1H3,(H,19,20). The Bertz CT molecular complexity index is 666. The van der Waals surface area contributed by atoms with Gasteiger partial charge in [0.05, 0.1) is 11.1 Å². The first kappa shape index (κ1) is 14.0. The van der Waals surface area contributed by atoms with Crippen molar-refractivity contribution in [1.82, 2.24) is 4.98 Å². The molecular weight excluding hydrogens is 271 g/mol. The summed E-state index contributed by atoms with van der Waals surface area (Å²) in [5, 5.41) is 8.94. The number of aromatic carboxylic acids is 1. The lowest BCUT2D eigenvalue weighted by atomic mass is 9.99. The summed E-state index contributed by atoms with van der Waals surface area (Å²) in [6.45, 7) is 1.79. The highest BCUT2D eigenvalue weighted by Gasteiger charge is 2.35. The number of rotatable bonds is 2. The summed E-state index contributed by atoms with van der Waals surface area (Å²) in [6.07, 6.45) is -1.62. The molecule has 0 fully saturated rings. The second-order valence-corrected chi connectivity index (χ2v) is 4.31. The molecule has 20 heavy (non-hydrogen) atoms. The van der Waals surface area contributed by atoms with E-state index in [1.54, 1.807) is 19.2 Å². The Hall–Kier alpha value is -2.37. The molecule has 1 N–H and O–H groups in total. The van der Waals surface area contributed by atoms with Crippen molar-refractivity contribution in [1.29, 1.82) is 0 Å². The van der Waals surface area contributed by atoms with Gasteiger partial charge in [-0.3, -0.25) is 4.98 Å². The summed E-state index contributed by atoms with van der Waals surface area (Å²) in [7, 11) is 0. The second kappa shape index (κ2) is 4.96. The van der Waals surface area contributed by atoms with Crippen molar-refractivity contribution in [3.63, 3.8) is 0 Å². The van der Waals surface area contributed by atoms with Crippen LogP contribution >= 0.6 is 0 Å². The van der Waals surface area contributed by atoms with Crippen LogP contribution in [-0.2, 0) is 6.18 Å². The summed E-state index contributed by atoms with van der Waals surface area (Å²) in [5.41, 5.74) is -0.141. The molecule has 0 aliphatic heterocycles. The summed E-state index contributed by atoms with van der Waals surface area (Å²) >= 11 is 0. The number of carboxylic acids is 1. The number of nitrogens with zero attached hydrogens (tertiary/aromatic N) is 1. The van der Waals surface area contributed by atoms with Gasteiger partial charge in [-0.25, -0.2) is 4.79 Å². The summed E-state index contributed by atoms with van der Waals surface area (Å²) in [5.74, 6) is -1.61. The first-order valence-corrected chi connectivity index (χ1v) is 5.65. The van der Waals surface area contributed by atoms with E-state index in [4.69, 9.17) is 5.11 Å². The van der Waals surface area contributed by atoms with E-state index in [0.717, 1.165) is 17.7 Å². The molecule has 0 radical (unpaired) electrons. The van der Waals surface area contributed by atoms with Crippen molar-refractivity contribution in [2.45, 2.75) is 13.1 Å². The molecule has 2 rings (SSSR count). The molecular formula is C14H10F3NO2. The number of alkyl halides is 3. The Morgan fingerprint density at radius 2 is 1.85 bits per heavy atom. The third kappa shape index (κ3) is 2.79. The maximum atomic E-state index is 12.7. The van der Waals surface area contributed by atoms with Gasteiger partial charge in [0.15, 0.2) is 0 Å². The highest BCUT2D eigenvalue weighted by molar-refractivity contribution is 5.91. The molecule has 0 saturated heterocycles. The average Bonchev–Trinajstić information content (AvgIpc) is 2.37. The van der Waals surface area contributed by atoms with Crippen LogP contribution in [0.4, 0.5) is 13.2 Å². The number of hydrogen-bond acceptors (Lipinski definition) is 2. The number of aromatic nitrogens is 1. The zero-order valence-corrected chi connectivity index (χ0v) is 10.4. The Balaban J connectivity index is 2.59. The van der Waals surface area contributed by atoms with Gasteiger partial charge in [-0.2, -0.15) is 13.2 Å². The van der Waals surface area contributed by atoms with Crippen LogP contribution in [0.1, 0.15) is 21.5 Å². The Labute approximate surface area is 112 Å². The number of carboxylic acid groups (broad SMARTS) is 1. The van der Waals surface area contributed by atoms with Crippen LogP contribution in [0.25, 0.3) is 11.1 Å². The maximum absolute atomic E-state index is 12.7. The average molecular weight is 281 g/mol. The van der Waals surface area contributed by atoms with Crippen LogP contribution in [0.3, 0.4) is 0 Å². The van der Waals surface area contributed by atoms with E-state index in [1.807, 2.05) is 0 Å². The fourth-order valence-electron chi connectivity index (χ4n) is 1.86. The van der Waals surface area contributed by atoms with E-state index in [-0.39, 0.29) is 0 Å². The Morgan fingerprint density at radius 3 is 2.40 bits per heavy atom. The summed E-state index contributed by atoms with van der Waals surface area (Å²) in [4.78, 5) is 14.9. The SMILES string of the molecule is Cc1cncc(-c2ccc(C(F)(F)F)c(C(=O)O)c2)c1. The fourth-order valence-corrected chi connectivity index (χ4v) is 1.86. The van der Waals surface area contributed by atoms with Crippen LogP contribution in [0, 0.1) is 6.92 Å². The minimum Gasteiger partial charge on any atom is -0.478 e. The third-order valence-corrected chi connectivity index (χ3v) is 2.76. The van der Waals surface area contributed by atoms with Crippen molar-refractivity contribution in [2.24, 2.45) is 0 Å². The van der Waals surface area contributed by atoms with Crippen molar-refractivity contribution in [3.05, 3.63) is 53.3 Å². The van der Waals surface area contributed by atoms with Crippen molar-refractivity contribution < 1.29 is 23.1 Å². The van der Waals surface area contributed by atoms with Crippen LogP contribution in [0.2, 0.25) is 0 Å². The minimum absolute atomic E-state index is 0.381. The zero-order chi connectivity index (χ0) is 14.9. The molecule has 0 unspecified atom stereocenters. The quantitative estimate of drug-likeness (QED) is 0.911. The molecule has 104 valence electrons. The molecule has 1 aromatic heterocycles. The zero-order valence-electron chi connectivity index (χ0n) is 10.4. The number of halogens is 3. The first-order valence-electron chi connectivity index (χ1n) is 5.65. The second-order valence-electron chi connectivity index (χ2n) is 4.31. The molecule has 0 saturated carbocycles. The molecule has 1 aromatic carbocycles. The summed E-state index contributed by atoms with van der Waals surface area (Å²) in [6, 6.07) is 4.76. The Morgan fingerprint density at radius 1 is 1.15 bits per heavy atom. The van der Waals surface area contributed by atoms with E-state index in [0.29, 0.717) is 11.1 Å². The lowest BCUT2D eigenvalue weighted by Gasteiger charge is -2.12. The molecule has 0 bridgehead atoms. The highest BCUT2D eigenvalue weighted by Crippen LogP contribution is 2.34. The smallest absolute Gasteiger partial charge is 0.417 e. The van der Waals surface area contributed by atoms with Crippen molar-refractivity contribution in [3.8, 4) is 11.1 Å². The van der Waals surface area contributed by atoms with Crippen LogP contribution in [-0.4, -0.2) is 16.1 Å². The van der Waals surface area contributed by atoms with Crippen molar-refractivity contribution >= 4 is 5.97 Å². The first-order chi connectivity index (χ1) is 9.29. The van der Waals surface area contributed by atoms with Crippen LogP contribution in [0.15, 0.2) is 36.7 Å². The van der Waals surface area contributed by atoms with Crippen molar-refractivity contribution in [2.75, 3.05) is 0 Å². The van der Waals surface area contributed by atoms with Gasteiger partial charge in [0.25, 0.3) is 0 Å². The van der Waals surface area contributed by atoms with Gasteiger partial charge in [-0.1, -0.05) is 6.07 Å². The van der Waals surface area contributed by atoms with Gasteiger partial charge >= 0.3 is 12.1 Å². The van der Waals surface area contributed by atoms with E-state index in [2.05, 4.69) is 4.98 Å². The number of aryl methyl sites for hydroxylation is 1. The highest BCUT2D eigenvalue weighted by atomic mass is 19.4. The third-order valence-electron chi connectivity index (χ3n) is 2.76. The number of pyridine rings is 1. The molecule has 6 heteroatoms. The fraction of sp³-hybridized carbons (Fsp3) is 0.143. The van der Waals surface area contributed by atoms with Gasteiger partial charge in [0, 0.05) is 18.0 Å². The predicted octanol–water partition coefficient (Wildman–Crippen LogP) is 3.77. The molecule has 3 nitrogen and oxygen atoms in total. The van der Waals surface area contributed by atoms with Gasteiger partial charge in [0.1, 0.15) is 0 Å². The lowest BCUT2D eigenvalue weighted by molar-refractivity contribution is -0.138. The number of carbonyl (C=O) groups is 1. The van der Waals surface area contributed by atoms with Crippen LogP contribution in [0.5, 0.6) is 0 Å². The lowest BCUT2D eigenvalue weighted by Crippen LogP contribution is -2.12. The summed E-state index contributed by atoms with van der Waals surface area (Å²) < 4.78 is 38.2. The van der Waals surface area contributed by atoms with Gasteiger partial charge < -0.3 is 5.11 Å². The Kier molecular flexibility index (Phi) is 3.48. The number of benzene rings is 1. The molecule has 1 heterocycles. The van der Waals surface area contributed by atoms with Gasteiger partial charge in [0.2, 0.25) is 0 Å². The molecule has 0 aliphatic carbocycles. The topological polar surface area (TPSA) is 50.2 Å². The molecule has 0 spiro atoms.